The second-order valence-corrected chi connectivity index (χ2v) is 6.91. The lowest BCUT2D eigenvalue weighted by atomic mass is 10.3. The minimum atomic E-state index is -0.679. The summed E-state index contributed by atoms with van der Waals surface area (Å²) in [5.41, 5.74) is 0. The zero-order valence-corrected chi connectivity index (χ0v) is 14.6. The van der Waals surface area contributed by atoms with Crippen LogP contribution in [0, 0.1) is 0 Å². The summed E-state index contributed by atoms with van der Waals surface area (Å²) in [7, 11) is 0. The number of nitrogens with one attached hydrogen (secondary N) is 2. The summed E-state index contributed by atoms with van der Waals surface area (Å²) in [5.74, 6) is -1.33. The molecule has 3 amide bonds. The largest absolute Gasteiger partial charge is 0.452 e. The second kappa shape index (κ2) is 9.37. The molecule has 0 aromatic carbocycles. The molecule has 0 aliphatic rings. The van der Waals surface area contributed by atoms with Crippen LogP contribution in [0.1, 0.15) is 25.1 Å². The summed E-state index contributed by atoms with van der Waals surface area (Å²) in [5, 5.41) is 4.65. The van der Waals surface area contributed by atoms with Crippen LogP contribution in [0.2, 0.25) is 0 Å². The second-order valence-electron chi connectivity index (χ2n) is 4.41. The van der Waals surface area contributed by atoms with Crippen LogP contribution >= 0.6 is 27.3 Å². The highest BCUT2D eigenvalue weighted by Crippen LogP contribution is 2.22. The normalized spacial score (nSPS) is 12.0. The van der Waals surface area contributed by atoms with Gasteiger partial charge in [-0.25, -0.2) is 9.59 Å². The molecule has 0 spiro atoms. The summed E-state index contributed by atoms with van der Waals surface area (Å²) in [4.78, 5) is 35.1. The number of hydrogen-bond acceptors (Lipinski definition) is 5. The lowest BCUT2D eigenvalue weighted by Crippen LogP contribution is -2.44. The molecular formula is C14H17BrN2O4S. The molecule has 0 radical (unpaired) electrons. The minimum absolute atomic E-state index is 0.0385. The fourth-order valence-corrected chi connectivity index (χ4v) is 2.60. The zero-order chi connectivity index (χ0) is 16.5. The summed E-state index contributed by atoms with van der Waals surface area (Å²) in [6.45, 7) is 3.22. The highest BCUT2D eigenvalue weighted by molar-refractivity contribution is 9.11. The molecule has 2 N–H and O–H groups in total. The number of carbonyl (C=O) groups is 3. The van der Waals surface area contributed by atoms with Gasteiger partial charge in [0.15, 0.2) is 6.61 Å². The smallest absolute Gasteiger partial charge is 0.331 e. The van der Waals surface area contributed by atoms with Crippen molar-refractivity contribution in [2.45, 2.75) is 26.3 Å². The van der Waals surface area contributed by atoms with Crippen LogP contribution in [0.15, 0.2) is 22.0 Å². The van der Waals surface area contributed by atoms with Crippen LogP contribution in [-0.4, -0.2) is 30.6 Å². The molecule has 1 heterocycles. The number of thiophene rings is 1. The van der Waals surface area contributed by atoms with Gasteiger partial charge in [-0.05, 0) is 47.5 Å². The average molecular weight is 389 g/mol. The third kappa shape index (κ3) is 7.37. The predicted octanol–water partition coefficient (Wildman–Crippen LogP) is 2.69. The quantitative estimate of drug-likeness (QED) is 0.579. The maximum absolute atomic E-state index is 11.4. The number of amides is 3. The van der Waals surface area contributed by atoms with Crippen molar-refractivity contribution in [3.05, 3.63) is 26.9 Å². The molecule has 0 saturated carbocycles. The van der Waals surface area contributed by atoms with E-state index < -0.39 is 24.5 Å². The fraction of sp³-hybridized carbons (Fsp3) is 0.357. The van der Waals surface area contributed by atoms with Crippen LogP contribution in [0.25, 0.3) is 6.08 Å². The molecule has 0 aliphatic carbocycles. The number of esters is 1. The number of ether oxygens (including phenoxy) is 1. The summed E-state index contributed by atoms with van der Waals surface area (Å²) in [6.07, 6.45) is 3.57. The van der Waals surface area contributed by atoms with E-state index in [1.807, 2.05) is 26.0 Å². The van der Waals surface area contributed by atoms with E-state index >= 15 is 0 Å². The third-order valence-corrected chi connectivity index (χ3v) is 4.15. The number of carbonyl (C=O) groups excluding carboxylic acids is 3. The maximum atomic E-state index is 11.4. The number of rotatable bonds is 6. The van der Waals surface area contributed by atoms with Gasteiger partial charge < -0.3 is 10.1 Å². The fourth-order valence-electron chi connectivity index (χ4n) is 1.28. The van der Waals surface area contributed by atoms with Crippen LogP contribution in [0.5, 0.6) is 0 Å². The van der Waals surface area contributed by atoms with Gasteiger partial charge >= 0.3 is 12.0 Å². The van der Waals surface area contributed by atoms with Crippen molar-refractivity contribution in [3.63, 3.8) is 0 Å². The van der Waals surface area contributed by atoms with Crippen LogP contribution < -0.4 is 10.6 Å². The molecular weight excluding hydrogens is 372 g/mol. The van der Waals surface area contributed by atoms with E-state index in [4.69, 9.17) is 4.74 Å². The first-order valence-electron chi connectivity index (χ1n) is 6.61. The van der Waals surface area contributed by atoms with E-state index in [1.54, 1.807) is 6.08 Å². The van der Waals surface area contributed by atoms with Crippen molar-refractivity contribution < 1.29 is 19.1 Å². The topological polar surface area (TPSA) is 84.5 Å². The molecule has 120 valence electrons. The summed E-state index contributed by atoms with van der Waals surface area (Å²) >= 11 is 4.77. The first-order valence-corrected chi connectivity index (χ1v) is 8.22. The third-order valence-electron chi connectivity index (χ3n) is 2.57. The number of hydrogen-bond donors (Lipinski definition) is 2. The van der Waals surface area contributed by atoms with Crippen molar-refractivity contribution in [3.8, 4) is 0 Å². The molecule has 0 bridgehead atoms. The highest BCUT2D eigenvalue weighted by Gasteiger charge is 2.11. The van der Waals surface area contributed by atoms with Crippen LogP contribution in [0.3, 0.4) is 0 Å². The van der Waals surface area contributed by atoms with Gasteiger partial charge in [0, 0.05) is 17.0 Å². The Hall–Kier alpha value is -1.67. The van der Waals surface area contributed by atoms with Crippen molar-refractivity contribution >= 4 is 51.3 Å². The summed E-state index contributed by atoms with van der Waals surface area (Å²) in [6, 6.07) is 3.06. The van der Waals surface area contributed by atoms with Gasteiger partial charge in [0.05, 0.1) is 3.79 Å². The molecule has 0 fully saturated rings. The molecule has 8 heteroatoms. The number of urea groups is 1. The van der Waals surface area contributed by atoms with Crippen molar-refractivity contribution in [1.82, 2.24) is 10.6 Å². The Morgan fingerprint density at radius 3 is 2.73 bits per heavy atom. The molecule has 1 aromatic heterocycles. The Morgan fingerprint density at radius 2 is 2.14 bits per heavy atom. The SMILES string of the molecule is CC[C@H](C)NC(=O)NC(=O)COC(=O)/C=C/c1ccc(Br)s1. The standard InChI is InChI=1S/C14H17BrN2O4S/c1-3-9(2)16-14(20)17-12(18)8-21-13(19)7-5-10-4-6-11(15)22-10/h4-7,9H,3,8H2,1-2H3,(H2,16,17,18,20)/b7-5+/t9-/m0/s1. The minimum Gasteiger partial charge on any atom is -0.452 e. The molecule has 0 aliphatic heterocycles. The van der Waals surface area contributed by atoms with Crippen molar-refractivity contribution in [2.24, 2.45) is 0 Å². The summed E-state index contributed by atoms with van der Waals surface area (Å²) < 4.78 is 5.69. The Morgan fingerprint density at radius 1 is 1.41 bits per heavy atom. The van der Waals surface area contributed by atoms with E-state index in [2.05, 4.69) is 26.6 Å². The molecule has 0 unspecified atom stereocenters. The first-order chi connectivity index (χ1) is 10.4. The molecule has 0 saturated heterocycles. The molecule has 1 atom stereocenters. The average Bonchev–Trinajstić information content (AvgIpc) is 2.88. The molecule has 22 heavy (non-hydrogen) atoms. The molecule has 6 nitrogen and oxygen atoms in total. The Bertz CT molecular complexity index is 571. The monoisotopic (exact) mass is 388 g/mol. The van der Waals surface area contributed by atoms with Gasteiger partial charge in [0.1, 0.15) is 0 Å². The van der Waals surface area contributed by atoms with Gasteiger partial charge in [-0.2, -0.15) is 0 Å². The maximum Gasteiger partial charge on any atom is 0.331 e. The Labute approximate surface area is 141 Å². The molecule has 1 aromatic rings. The van der Waals surface area contributed by atoms with Gasteiger partial charge in [-0.3, -0.25) is 10.1 Å². The predicted molar refractivity (Wildman–Crippen MR) is 88.4 cm³/mol. The number of halogens is 1. The Kier molecular flexibility index (Phi) is 7.83. The van der Waals surface area contributed by atoms with Crippen molar-refractivity contribution in [2.75, 3.05) is 6.61 Å². The van der Waals surface area contributed by atoms with Crippen LogP contribution in [0.4, 0.5) is 4.79 Å². The lowest BCUT2D eigenvalue weighted by Gasteiger charge is -2.11. The van der Waals surface area contributed by atoms with E-state index in [0.29, 0.717) is 0 Å². The molecule has 1 rings (SSSR count). The van der Waals surface area contributed by atoms with Gasteiger partial charge in [-0.15, -0.1) is 11.3 Å². The highest BCUT2D eigenvalue weighted by atomic mass is 79.9. The number of imide groups is 1. The first kappa shape index (κ1) is 18.4. The van der Waals surface area contributed by atoms with Gasteiger partial charge in [0.25, 0.3) is 5.91 Å². The van der Waals surface area contributed by atoms with E-state index in [0.717, 1.165) is 15.1 Å². The van der Waals surface area contributed by atoms with E-state index in [1.165, 1.54) is 17.4 Å². The van der Waals surface area contributed by atoms with Gasteiger partial charge in [-0.1, -0.05) is 6.92 Å². The van der Waals surface area contributed by atoms with E-state index in [-0.39, 0.29) is 6.04 Å². The lowest BCUT2D eigenvalue weighted by molar-refractivity contribution is -0.143. The Balaban J connectivity index is 2.30. The van der Waals surface area contributed by atoms with Crippen LogP contribution in [-0.2, 0) is 14.3 Å². The zero-order valence-electron chi connectivity index (χ0n) is 12.2. The van der Waals surface area contributed by atoms with Gasteiger partial charge in [0.2, 0.25) is 0 Å². The van der Waals surface area contributed by atoms with E-state index in [9.17, 15) is 14.4 Å². The van der Waals surface area contributed by atoms with Crippen molar-refractivity contribution in [1.29, 1.82) is 0 Å².